The SMILES string of the molecule is CCCP(=O)(O)C=Cc1ccccc1. The third kappa shape index (κ3) is 3.91. The molecule has 0 bridgehead atoms. The third-order valence-electron chi connectivity index (χ3n) is 1.84. The molecule has 1 atom stereocenters. The van der Waals surface area contributed by atoms with Crippen LogP contribution in [0.25, 0.3) is 6.08 Å². The van der Waals surface area contributed by atoms with Gasteiger partial charge in [0.2, 0.25) is 7.37 Å². The average molecular weight is 210 g/mol. The van der Waals surface area contributed by atoms with Crippen LogP contribution in [0.4, 0.5) is 0 Å². The van der Waals surface area contributed by atoms with Gasteiger partial charge in [0.25, 0.3) is 0 Å². The van der Waals surface area contributed by atoms with Crippen molar-refractivity contribution in [1.29, 1.82) is 0 Å². The predicted molar refractivity (Wildman–Crippen MR) is 60.5 cm³/mol. The summed E-state index contributed by atoms with van der Waals surface area (Å²) in [6, 6.07) is 9.54. The van der Waals surface area contributed by atoms with Crippen LogP contribution in [0.15, 0.2) is 36.1 Å². The van der Waals surface area contributed by atoms with E-state index in [1.165, 1.54) is 5.82 Å². The second kappa shape index (κ2) is 5.14. The summed E-state index contributed by atoms with van der Waals surface area (Å²) in [6.45, 7) is 1.90. The fourth-order valence-electron chi connectivity index (χ4n) is 1.16. The van der Waals surface area contributed by atoms with Crippen LogP contribution in [-0.2, 0) is 4.57 Å². The lowest BCUT2D eigenvalue weighted by molar-refractivity contribution is 0.488. The van der Waals surface area contributed by atoms with E-state index in [9.17, 15) is 9.46 Å². The quantitative estimate of drug-likeness (QED) is 0.774. The summed E-state index contributed by atoms with van der Waals surface area (Å²) in [5.74, 6) is 1.42. The zero-order valence-corrected chi connectivity index (χ0v) is 9.15. The molecule has 0 aromatic heterocycles. The molecule has 1 aromatic carbocycles. The molecule has 0 aliphatic heterocycles. The van der Waals surface area contributed by atoms with Crippen LogP contribution in [-0.4, -0.2) is 11.1 Å². The molecule has 0 aliphatic rings. The van der Waals surface area contributed by atoms with E-state index in [2.05, 4.69) is 0 Å². The van der Waals surface area contributed by atoms with Crippen molar-refractivity contribution in [2.75, 3.05) is 6.16 Å². The van der Waals surface area contributed by atoms with Gasteiger partial charge in [0.1, 0.15) is 0 Å². The summed E-state index contributed by atoms with van der Waals surface area (Å²) in [5, 5.41) is 0. The molecule has 0 fully saturated rings. The van der Waals surface area contributed by atoms with E-state index in [-0.39, 0.29) is 0 Å². The van der Waals surface area contributed by atoms with Crippen molar-refractivity contribution >= 4 is 13.4 Å². The molecule has 0 saturated carbocycles. The lowest BCUT2D eigenvalue weighted by Gasteiger charge is -2.03. The zero-order chi connectivity index (χ0) is 10.4. The molecule has 1 rings (SSSR count). The van der Waals surface area contributed by atoms with Gasteiger partial charge < -0.3 is 4.89 Å². The molecule has 0 saturated heterocycles. The van der Waals surface area contributed by atoms with Gasteiger partial charge in [-0.3, -0.25) is 4.57 Å². The molecule has 0 heterocycles. The lowest BCUT2D eigenvalue weighted by atomic mass is 10.2. The summed E-state index contributed by atoms with van der Waals surface area (Å²) in [7, 11) is -3.04. The Hall–Kier alpha value is -0.850. The predicted octanol–water partition coefficient (Wildman–Crippen LogP) is 3.34. The number of rotatable bonds is 4. The van der Waals surface area contributed by atoms with Gasteiger partial charge in [0.05, 0.1) is 0 Å². The number of benzene rings is 1. The molecule has 14 heavy (non-hydrogen) atoms. The average Bonchev–Trinajstić information content (AvgIpc) is 2.17. The minimum Gasteiger partial charge on any atom is -0.341 e. The van der Waals surface area contributed by atoms with Crippen molar-refractivity contribution < 1.29 is 9.46 Å². The van der Waals surface area contributed by atoms with Crippen LogP contribution < -0.4 is 0 Å². The summed E-state index contributed by atoms with van der Waals surface area (Å²) >= 11 is 0. The van der Waals surface area contributed by atoms with Crippen molar-refractivity contribution in [2.24, 2.45) is 0 Å². The van der Waals surface area contributed by atoms with Crippen LogP contribution in [0.3, 0.4) is 0 Å². The summed E-state index contributed by atoms with van der Waals surface area (Å²) in [5.41, 5.74) is 0.956. The highest BCUT2D eigenvalue weighted by atomic mass is 31.2. The maximum Gasteiger partial charge on any atom is 0.222 e. The van der Waals surface area contributed by atoms with Gasteiger partial charge >= 0.3 is 0 Å². The minimum atomic E-state index is -3.04. The molecule has 1 N–H and O–H groups in total. The molecule has 2 nitrogen and oxygen atoms in total. The topological polar surface area (TPSA) is 37.3 Å². The lowest BCUT2D eigenvalue weighted by Crippen LogP contribution is -1.82. The Morgan fingerprint density at radius 1 is 1.36 bits per heavy atom. The van der Waals surface area contributed by atoms with Crippen molar-refractivity contribution in [2.45, 2.75) is 13.3 Å². The molecular weight excluding hydrogens is 195 g/mol. The van der Waals surface area contributed by atoms with Crippen molar-refractivity contribution in [3.8, 4) is 0 Å². The van der Waals surface area contributed by atoms with Gasteiger partial charge in [0.15, 0.2) is 0 Å². The van der Waals surface area contributed by atoms with Crippen LogP contribution in [0.5, 0.6) is 0 Å². The first-order valence-electron chi connectivity index (χ1n) is 4.70. The maximum atomic E-state index is 11.5. The largest absolute Gasteiger partial charge is 0.341 e. The Balaban J connectivity index is 2.69. The molecular formula is C11H15O2P. The zero-order valence-electron chi connectivity index (χ0n) is 8.26. The minimum absolute atomic E-state index is 0.357. The van der Waals surface area contributed by atoms with Gasteiger partial charge in [-0.15, -0.1) is 0 Å². The molecule has 0 spiro atoms. The van der Waals surface area contributed by atoms with E-state index >= 15 is 0 Å². The van der Waals surface area contributed by atoms with Crippen LogP contribution >= 0.6 is 7.37 Å². The second-order valence-electron chi connectivity index (χ2n) is 3.21. The smallest absolute Gasteiger partial charge is 0.222 e. The first-order valence-corrected chi connectivity index (χ1v) is 6.61. The maximum absolute atomic E-state index is 11.5. The van der Waals surface area contributed by atoms with Crippen molar-refractivity contribution in [1.82, 2.24) is 0 Å². The van der Waals surface area contributed by atoms with E-state index in [4.69, 9.17) is 0 Å². The fourth-order valence-corrected chi connectivity index (χ4v) is 2.36. The van der Waals surface area contributed by atoms with E-state index in [0.717, 1.165) is 12.0 Å². The van der Waals surface area contributed by atoms with Crippen LogP contribution in [0.1, 0.15) is 18.9 Å². The molecule has 0 aliphatic carbocycles. The Morgan fingerprint density at radius 3 is 2.57 bits per heavy atom. The molecule has 1 unspecified atom stereocenters. The van der Waals surface area contributed by atoms with Crippen molar-refractivity contribution in [3.05, 3.63) is 41.7 Å². The first kappa shape index (κ1) is 11.2. The Morgan fingerprint density at radius 2 is 2.00 bits per heavy atom. The van der Waals surface area contributed by atoms with Gasteiger partial charge in [-0.1, -0.05) is 37.3 Å². The normalized spacial score (nSPS) is 15.6. The highest BCUT2D eigenvalue weighted by molar-refractivity contribution is 7.61. The Bertz CT molecular complexity index is 344. The summed E-state index contributed by atoms with van der Waals surface area (Å²) < 4.78 is 11.5. The number of hydrogen-bond donors (Lipinski definition) is 1. The molecule has 76 valence electrons. The Labute approximate surface area is 84.7 Å². The molecule has 0 radical (unpaired) electrons. The molecule has 3 heteroatoms. The second-order valence-corrected chi connectivity index (χ2v) is 5.46. The van der Waals surface area contributed by atoms with Crippen molar-refractivity contribution in [3.63, 3.8) is 0 Å². The molecule has 1 aromatic rings. The van der Waals surface area contributed by atoms with Gasteiger partial charge in [-0.05, 0) is 18.1 Å². The van der Waals surface area contributed by atoms with Crippen LogP contribution in [0.2, 0.25) is 0 Å². The number of hydrogen-bond acceptors (Lipinski definition) is 1. The van der Waals surface area contributed by atoms with E-state index in [0.29, 0.717) is 6.16 Å². The monoisotopic (exact) mass is 210 g/mol. The van der Waals surface area contributed by atoms with Crippen LogP contribution in [0, 0.1) is 0 Å². The third-order valence-corrected chi connectivity index (χ3v) is 3.55. The molecule has 0 amide bonds. The van der Waals surface area contributed by atoms with Gasteiger partial charge in [-0.2, -0.15) is 0 Å². The van der Waals surface area contributed by atoms with Gasteiger partial charge in [0, 0.05) is 12.0 Å². The van der Waals surface area contributed by atoms with E-state index in [1.807, 2.05) is 37.3 Å². The summed E-state index contributed by atoms with van der Waals surface area (Å²) in [6.07, 6.45) is 2.79. The Kier molecular flexibility index (Phi) is 4.12. The first-order chi connectivity index (χ1) is 6.64. The van der Waals surface area contributed by atoms with E-state index in [1.54, 1.807) is 6.08 Å². The van der Waals surface area contributed by atoms with E-state index < -0.39 is 7.37 Å². The standard InChI is InChI=1S/C11H15O2P/c1-2-9-14(12,13)10-8-11-6-4-3-5-7-11/h3-8,10H,2,9H2,1H3,(H,12,13). The highest BCUT2D eigenvalue weighted by Gasteiger charge is 2.10. The highest BCUT2D eigenvalue weighted by Crippen LogP contribution is 2.43. The fraction of sp³-hybridized carbons (Fsp3) is 0.273. The van der Waals surface area contributed by atoms with Gasteiger partial charge in [-0.25, -0.2) is 0 Å². The summed E-state index contributed by atoms with van der Waals surface area (Å²) in [4.78, 5) is 9.44.